The summed E-state index contributed by atoms with van der Waals surface area (Å²) in [5.41, 5.74) is 5.73. The fourth-order valence-electron chi connectivity index (χ4n) is 6.24. The average molecular weight is 544 g/mol. The molecule has 0 saturated heterocycles. The number of fused-ring (bicyclic) bond motifs is 10. The molecule has 0 fully saturated rings. The highest BCUT2D eigenvalue weighted by molar-refractivity contribution is 7.27. The Balaban J connectivity index is 1.36. The molecule has 0 radical (unpaired) electrons. The van der Waals surface area contributed by atoms with Gasteiger partial charge in [0.05, 0.1) is 11.2 Å². The zero-order valence-corrected chi connectivity index (χ0v) is 23.0. The second-order valence-electron chi connectivity index (χ2n) is 10.3. The van der Waals surface area contributed by atoms with E-state index in [1.165, 1.54) is 67.6 Å². The van der Waals surface area contributed by atoms with Gasteiger partial charge in [-0.2, -0.15) is 0 Å². The van der Waals surface area contributed by atoms with Gasteiger partial charge in [-0.3, -0.25) is 0 Å². The third kappa shape index (κ3) is 3.16. The van der Waals surface area contributed by atoms with Crippen LogP contribution in [0.25, 0.3) is 84.4 Å². The number of pyridine rings is 1. The van der Waals surface area contributed by atoms with Crippen LogP contribution >= 0.6 is 22.7 Å². The highest BCUT2D eigenvalue weighted by atomic mass is 32.1. The highest BCUT2D eigenvalue weighted by Gasteiger charge is 2.17. The van der Waals surface area contributed by atoms with Gasteiger partial charge in [0.25, 0.3) is 0 Å². The van der Waals surface area contributed by atoms with Gasteiger partial charge in [0.2, 0.25) is 0 Å². The molecule has 0 aliphatic carbocycles. The van der Waals surface area contributed by atoms with E-state index in [0.29, 0.717) is 0 Å². The predicted molar refractivity (Wildman–Crippen MR) is 176 cm³/mol. The Morgan fingerprint density at radius 1 is 0.425 bits per heavy atom. The number of benzene rings is 6. The molecule has 186 valence electrons. The maximum Gasteiger partial charge on any atom is 0.0802 e. The highest BCUT2D eigenvalue weighted by Crippen LogP contribution is 2.45. The van der Waals surface area contributed by atoms with Crippen LogP contribution in [0, 0.1) is 0 Å². The van der Waals surface area contributed by atoms with Gasteiger partial charge in [-0.1, -0.05) is 103 Å². The number of nitrogens with zero attached hydrogens (tertiary/aromatic N) is 1. The average Bonchev–Trinajstić information content (AvgIpc) is 3.59. The number of hydrogen-bond acceptors (Lipinski definition) is 3. The summed E-state index contributed by atoms with van der Waals surface area (Å²) in [6, 6.07) is 46.2. The minimum absolute atomic E-state index is 1.03. The van der Waals surface area contributed by atoms with E-state index in [0.717, 1.165) is 16.8 Å². The van der Waals surface area contributed by atoms with Crippen molar-refractivity contribution in [1.82, 2.24) is 4.98 Å². The molecule has 0 amide bonds. The second kappa shape index (κ2) is 8.46. The molecule has 0 spiro atoms. The van der Waals surface area contributed by atoms with Gasteiger partial charge >= 0.3 is 0 Å². The van der Waals surface area contributed by atoms with Gasteiger partial charge in [0.1, 0.15) is 0 Å². The molecule has 9 aromatic rings. The van der Waals surface area contributed by atoms with Crippen LogP contribution in [0.2, 0.25) is 0 Å². The van der Waals surface area contributed by atoms with Crippen LogP contribution in [0.1, 0.15) is 0 Å². The molecule has 40 heavy (non-hydrogen) atoms. The van der Waals surface area contributed by atoms with E-state index in [-0.39, 0.29) is 0 Å². The van der Waals surface area contributed by atoms with Crippen LogP contribution in [-0.2, 0) is 0 Å². The molecule has 0 N–H and O–H groups in total. The molecule has 6 aromatic carbocycles. The van der Waals surface area contributed by atoms with Crippen molar-refractivity contribution < 1.29 is 0 Å². The molecule has 0 bridgehead atoms. The van der Waals surface area contributed by atoms with Crippen molar-refractivity contribution in [2.75, 3.05) is 0 Å². The van der Waals surface area contributed by atoms with E-state index in [9.17, 15) is 0 Å². The summed E-state index contributed by atoms with van der Waals surface area (Å²) in [5, 5.41) is 8.98. The summed E-state index contributed by atoms with van der Waals surface area (Å²) in [6.45, 7) is 0. The molecular weight excluding hydrogens is 523 g/mol. The fourth-order valence-corrected chi connectivity index (χ4v) is 8.73. The Morgan fingerprint density at radius 2 is 1.02 bits per heavy atom. The molecule has 3 heterocycles. The molecule has 3 heteroatoms. The smallest absolute Gasteiger partial charge is 0.0802 e. The Kier molecular flexibility index (Phi) is 4.71. The third-order valence-corrected chi connectivity index (χ3v) is 10.5. The molecular formula is C37H21NS2. The maximum absolute atomic E-state index is 5.34. The van der Waals surface area contributed by atoms with Gasteiger partial charge in [-0.15, -0.1) is 22.7 Å². The third-order valence-electron chi connectivity index (χ3n) is 8.06. The van der Waals surface area contributed by atoms with E-state index >= 15 is 0 Å². The number of thiophene rings is 2. The quantitative estimate of drug-likeness (QED) is 0.198. The lowest BCUT2D eigenvalue weighted by atomic mass is 9.95. The second-order valence-corrected chi connectivity index (χ2v) is 12.4. The van der Waals surface area contributed by atoms with Crippen LogP contribution in [0.3, 0.4) is 0 Å². The first-order valence-corrected chi connectivity index (χ1v) is 15.1. The van der Waals surface area contributed by atoms with E-state index < -0.39 is 0 Å². The molecule has 0 aliphatic rings. The summed E-state index contributed by atoms with van der Waals surface area (Å²) in [6.07, 6.45) is 0. The topological polar surface area (TPSA) is 12.9 Å². The first-order chi connectivity index (χ1) is 19.8. The number of para-hydroxylation sites is 1. The van der Waals surface area contributed by atoms with Crippen LogP contribution in [0.5, 0.6) is 0 Å². The summed E-state index contributed by atoms with van der Waals surface area (Å²) in [7, 11) is 0. The lowest BCUT2D eigenvalue weighted by molar-refractivity contribution is 1.43. The molecule has 0 unspecified atom stereocenters. The number of rotatable bonds is 2. The van der Waals surface area contributed by atoms with Crippen molar-refractivity contribution in [1.29, 1.82) is 0 Å². The van der Waals surface area contributed by atoms with Crippen molar-refractivity contribution >= 4 is 84.7 Å². The van der Waals surface area contributed by atoms with Crippen LogP contribution in [0.15, 0.2) is 127 Å². The molecule has 1 nitrogen and oxygen atoms in total. The summed E-state index contributed by atoms with van der Waals surface area (Å²) < 4.78 is 5.29. The first-order valence-electron chi connectivity index (χ1n) is 13.5. The lowest BCUT2D eigenvalue weighted by Gasteiger charge is -2.13. The first kappa shape index (κ1) is 22.3. The van der Waals surface area contributed by atoms with Crippen LogP contribution in [0.4, 0.5) is 0 Å². The van der Waals surface area contributed by atoms with Crippen LogP contribution in [-0.4, -0.2) is 4.98 Å². The van der Waals surface area contributed by atoms with E-state index in [2.05, 4.69) is 127 Å². The van der Waals surface area contributed by atoms with Crippen molar-refractivity contribution in [3.8, 4) is 22.4 Å². The van der Waals surface area contributed by atoms with E-state index in [1.807, 2.05) is 22.7 Å². The summed E-state index contributed by atoms with van der Waals surface area (Å²) >= 11 is 3.75. The molecule has 9 rings (SSSR count). The largest absolute Gasteiger partial charge is 0.247 e. The monoisotopic (exact) mass is 543 g/mol. The summed E-state index contributed by atoms with van der Waals surface area (Å²) in [4.78, 5) is 5.34. The Morgan fingerprint density at radius 3 is 1.85 bits per heavy atom. The zero-order chi connectivity index (χ0) is 26.2. The Hall–Kier alpha value is -4.57. The molecule has 0 saturated carbocycles. The molecule has 3 aromatic heterocycles. The predicted octanol–water partition coefficient (Wildman–Crippen LogP) is 11.5. The summed E-state index contributed by atoms with van der Waals surface area (Å²) in [5.74, 6) is 0. The maximum atomic E-state index is 5.34. The van der Waals surface area contributed by atoms with Gasteiger partial charge in [0, 0.05) is 56.7 Å². The van der Waals surface area contributed by atoms with Crippen LogP contribution < -0.4 is 0 Å². The van der Waals surface area contributed by atoms with E-state index in [4.69, 9.17) is 4.98 Å². The Bertz CT molecular complexity index is 2440. The van der Waals surface area contributed by atoms with Gasteiger partial charge in [-0.25, -0.2) is 4.98 Å². The van der Waals surface area contributed by atoms with Crippen molar-refractivity contribution in [3.63, 3.8) is 0 Å². The molecule has 0 aliphatic heterocycles. The minimum atomic E-state index is 1.03. The lowest BCUT2D eigenvalue weighted by Crippen LogP contribution is -1.91. The normalized spacial score (nSPS) is 12.0. The van der Waals surface area contributed by atoms with E-state index in [1.54, 1.807) is 0 Å². The van der Waals surface area contributed by atoms with Crippen molar-refractivity contribution in [2.45, 2.75) is 0 Å². The fraction of sp³-hybridized carbons (Fsp3) is 0. The zero-order valence-electron chi connectivity index (χ0n) is 21.4. The van der Waals surface area contributed by atoms with Gasteiger partial charge in [-0.05, 0) is 40.8 Å². The number of hydrogen-bond donors (Lipinski definition) is 0. The number of aromatic nitrogens is 1. The van der Waals surface area contributed by atoms with Gasteiger partial charge in [0.15, 0.2) is 0 Å². The van der Waals surface area contributed by atoms with Gasteiger partial charge < -0.3 is 0 Å². The minimum Gasteiger partial charge on any atom is -0.247 e. The van der Waals surface area contributed by atoms with Crippen molar-refractivity contribution in [2.24, 2.45) is 0 Å². The standard InChI is InChI=1S/C37H21NS2/c1-4-16-31-25(11-1)28-19-20-30-27-13-3-6-18-33(27)40-37(30)34(28)35(38-31)23-10-7-9-22(21-23)24-14-8-15-29-26-12-2-5-17-32(26)39-36(24)29/h1-21H. The molecule has 0 atom stereocenters. The Labute approximate surface area is 238 Å². The SMILES string of the molecule is c1cc(-c2cccc3c2sc2ccccc23)cc(-c2nc3ccccc3c3ccc4c5ccccc5sc4c23)c1. The van der Waals surface area contributed by atoms with Crippen molar-refractivity contribution in [3.05, 3.63) is 127 Å².